The predicted molar refractivity (Wildman–Crippen MR) is 92.4 cm³/mol. The average molecular weight is 348 g/mol. The van der Waals surface area contributed by atoms with Crippen LogP contribution in [0.1, 0.15) is 12.5 Å². The number of carbonyl (C=O) groups is 1. The first kappa shape index (κ1) is 15.9. The Bertz CT molecular complexity index is 846. The molecule has 5 nitrogen and oxygen atoms in total. The van der Waals surface area contributed by atoms with E-state index in [1.807, 2.05) is 12.1 Å². The molecule has 0 aliphatic carbocycles. The quantitative estimate of drug-likeness (QED) is 0.814. The highest BCUT2D eigenvalue weighted by molar-refractivity contribution is 7.99. The van der Waals surface area contributed by atoms with Crippen molar-refractivity contribution in [1.29, 1.82) is 0 Å². The summed E-state index contributed by atoms with van der Waals surface area (Å²) >= 11 is 1.70. The Hall–Kier alpha value is -1.99. The van der Waals surface area contributed by atoms with E-state index < -0.39 is 10.0 Å². The number of fused-ring (bicyclic) bond motifs is 1. The van der Waals surface area contributed by atoms with Crippen LogP contribution in [-0.2, 0) is 21.2 Å². The Labute approximate surface area is 139 Å². The summed E-state index contributed by atoms with van der Waals surface area (Å²) in [4.78, 5) is 12.6. The maximum atomic E-state index is 12.5. The van der Waals surface area contributed by atoms with E-state index >= 15 is 0 Å². The van der Waals surface area contributed by atoms with Crippen LogP contribution in [0.2, 0.25) is 0 Å². The zero-order valence-electron chi connectivity index (χ0n) is 12.5. The van der Waals surface area contributed by atoms with Gasteiger partial charge < -0.3 is 5.32 Å². The second kappa shape index (κ2) is 6.25. The molecular weight excluding hydrogens is 332 g/mol. The highest BCUT2D eigenvalue weighted by Gasteiger charge is 2.21. The zero-order valence-corrected chi connectivity index (χ0v) is 14.1. The van der Waals surface area contributed by atoms with Crippen molar-refractivity contribution in [2.75, 3.05) is 15.8 Å². The van der Waals surface area contributed by atoms with E-state index in [-0.39, 0.29) is 17.2 Å². The molecule has 1 amide bonds. The Kier molecular flexibility index (Phi) is 4.32. The molecule has 0 saturated heterocycles. The molecule has 0 radical (unpaired) electrons. The number of nitrogens with one attached hydrogen (secondary N) is 2. The number of anilines is 2. The van der Waals surface area contributed by atoms with Crippen LogP contribution >= 0.6 is 11.8 Å². The summed E-state index contributed by atoms with van der Waals surface area (Å²) in [6.07, 6.45) is 0.210. The number of amides is 1. The van der Waals surface area contributed by atoms with Gasteiger partial charge in [-0.1, -0.05) is 6.92 Å². The number of sulfonamides is 1. The standard InChI is InChI=1S/C16H16N2O3S2/c1-2-22-13-5-3-12(4-6-13)18-23(20,21)14-7-8-15-11(9-14)10-16(19)17-15/h3-9,18H,2,10H2,1H3,(H,17,19). The summed E-state index contributed by atoms with van der Waals surface area (Å²) in [6.45, 7) is 2.06. The number of carbonyl (C=O) groups excluding carboxylic acids is 1. The molecule has 0 atom stereocenters. The SMILES string of the molecule is CCSc1ccc(NS(=O)(=O)c2ccc3c(c2)CC(=O)N3)cc1. The fourth-order valence-electron chi connectivity index (χ4n) is 2.37. The number of benzene rings is 2. The maximum absolute atomic E-state index is 12.5. The molecule has 3 rings (SSSR count). The van der Waals surface area contributed by atoms with Crippen LogP contribution in [0, 0.1) is 0 Å². The number of thioether (sulfide) groups is 1. The lowest BCUT2D eigenvalue weighted by molar-refractivity contribution is -0.115. The molecule has 1 heterocycles. The van der Waals surface area contributed by atoms with Gasteiger partial charge in [0.15, 0.2) is 0 Å². The zero-order chi connectivity index (χ0) is 16.4. The highest BCUT2D eigenvalue weighted by Crippen LogP contribution is 2.27. The van der Waals surface area contributed by atoms with E-state index in [4.69, 9.17) is 0 Å². The Balaban J connectivity index is 1.82. The van der Waals surface area contributed by atoms with Gasteiger partial charge in [-0.2, -0.15) is 0 Å². The lowest BCUT2D eigenvalue weighted by Gasteiger charge is -2.10. The van der Waals surface area contributed by atoms with Gasteiger partial charge in [0.1, 0.15) is 0 Å². The molecule has 0 bridgehead atoms. The van der Waals surface area contributed by atoms with Crippen molar-refractivity contribution < 1.29 is 13.2 Å². The van der Waals surface area contributed by atoms with E-state index in [1.165, 1.54) is 12.1 Å². The minimum absolute atomic E-state index is 0.119. The van der Waals surface area contributed by atoms with Crippen LogP contribution in [-0.4, -0.2) is 20.1 Å². The lowest BCUT2D eigenvalue weighted by Crippen LogP contribution is -2.13. The molecule has 0 saturated carbocycles. The molecule has 0 fully saturated rings. The van der Waals surface area contributed by atoms with Crippen molar-refractivity contribution in [1.82, 2.24) is 0 Å². The summed E-state index contributed by atoms with van der Waals surface area (Å²) in [5.74, 6) is 0.846. The first-order valence-corrected chi connectivity index (χ1v) is 9.63. The van der Waals surface area contributed by atoms with Crippen LogP contribution in [0.4, 0.5) is 11.4 Å². The Morgan fingerprint density at radius 2 is 1.91 bits per heavy atom. The van der Waals surface area contributed by atoms with Crippen LogP contribution in [0.5, 0.6) is 0 Å². The van der Waals surface area contributed by atoms with E-state index in [0.717, 1.165) is 10.6 Å². The predicted octanol–water partition coefficient (Wildman–Crippen LogP) is 3.09. The third-order valence-corrected chi connectivity index (χ3v) is 5.70. The number of hydrogen-bond acceptors (Lipinski definition) is 4. The molecule has 0 spiro atoms. The van der Waals surface area contributed by atoms with Crippen molar-refractivity contribution in [3.63, 3.8) is 0 Å². The van der Waals surface area contributed by atoms with Gasteiger partial charge >= 0.3 is 0 Å². The minimum atomic E-state index is -3.67. The van der Waals surface area contributed by atoms with Crippen LogP contribution in [0.25, 0.3) is 0 Å². The van der Waals surface area contributed by atoms with Gasteiger partial charge in [-0.15, -0.1) is 11.8 Å². The number of hydrogen-bond donors (Lipinski definition) is 2. The third kappa shape index (κ3) is 3.51. The molecule has 2 aromatic rings. The molecule has 7 heteroatoms. The number of rotatable bonds is 5. The molecular formula is C16H16N2O3S2. The molecule has 0 aromatic heterocycles. The van der Waals surface area contributed by atoms with Gasteiger partial charge in [0.05, 0.1) is 11.3 Å². The summed E-state index contributed by atoms with van der Waals surface area (Å²) in [6, 6.07) is 11.9. The molecule has 2 aromatic carbocycles. The van der Waals surface area contributed by atoms with Gasteiger partial charge in [-0.25, -0.2) is 8.42 Å². The normalized spacial score (nSPS) is 13.5. The molecule has 2 N–H and O–H groups in total. The van der Waals surface area contributed by atoms with Crippen molar-refractivity contribution >= 4 is 39.1 Å². The summed E-state index contributed by atoms with van der Waals surface area (Å²) < 4.78 is 27.5. The van der Waals surface area contributed by atoms with Crippen LogP contribution in [0.3, 0.4) is 0 Å². The van der Waals surface area contributed by atoms with Crippen LogP contribution in [0.15, 0.2) is 52.3 Å². The second-order valence-corrected chi connectivity index (χ2v) is 8.13. The summed E-state index contributed by atoms with van der Waals surface area (Å²) in [7, 11) is -3.67. The van der Waals surface area contributed by atoms with Gasteiger partial charge in [0.25, 0.3) is 10.0 Å². The Morgan fingerprint density at radius 3 is 2.61 bits per heavy atom. The Morgan fingerprint density at radius 1 is 1.17 bits per heavy atom. The fraction of sp³-hybridized carbons (Fsp3) is 0.188. The van der Waals surface area contributed by atoms with E-state index in [1.54, 1.807) is 30.0 Å². The van der Waals surface area contributed by atoms with Crippen molar-refractivity contribution in [3.8, 4) is 0 Å². The smallest absolute Gasteiger partial charge is 0.261 e. The summed E-state index contributed by atoms with van der Waals surface area (Å²) in [5, 5.41) is 2.69. The van der Waals surface area contributed by atoms with Crippen molar-refractivity contribution in [3.05, 3.63) is 48.0 Å². The van der Waals surface area contributed by atoms with Gasteiger partial charge in [-0.3, -0.25) is 9.52 Å². The maximum Gasteiger partial charge on any atom is 0.261 e. The van der Waals surface area contributed by atoms with E-state index in [0.29, 0.717) is 16.9 Å². The molecule has 0 unspecified atom stereocenters. The summed E-state index contributed by atoms with van der Waals surface area (Å²) in [5.41, 5.74) is 1.89. The van der Waals surface area contributed by atoms with Gasteiger partial charge in [0.2, 0.25) is 5.91 Å². The molecule has 1 aliphatic heterocycles. The highest BCUT2D eigenvalue weighted by atomic mass is 32.2. The van der Waals surface area contributed by atoms with E-state index in [9.17, 15) is 13.2 Å². The average Bonchev–Trinajstić information content (AvgIpc) is 2.88. The molecule has 120 valence electrons. The van der Waals surface area contributed by atoms with Gasteiger partial charge in [-0.05, 0) is 53.8 Å². The molecule has 23 heavy (non-hydrogen) atoms. The fourth-order valence-corrected chi connectivity index (χ4v) is 4.14. The first-order valence-electron chi connectivity index (χ1n) is 7.16. The molecule has 1 aliphatic rings. The van der Waals surface area contributed by atoms with Crippen molar-refractivity contribution in [2.24, 2.45) is 0 Å². The largest absolute Gasteiger partial charge is 0.326 e. The topological polar surface area (TPSA) is 75.3 Å². The first-order chi connectivity index (χ1) is 11.0. The van der Waals surface area contributed by atoms with Crippen LogP contribution < -0.4 is 10.0 Å². The van der Waals surface area contributed by atoms with E-state index in [2.05, 4.69) is 17.0 Å². The van der Waals surface area contributed by atoms with Gasteiger partial charge in [0, 0.05) is 16.3 Å². The lowest BCUT2D eigenvalue weighted by atomic mass is 10.2. The minimum Gasteiger partial charge on any atom is -0.326 e. The van der Waals surface area contributed by atoms with Crippen molar-refractivity contribution in [2.45, 2.75) is 23.1 Å². The second-order valence-electron chi connectivity index (χ2n) is 5.11. The monoisotopic (exact) mass is 348 g/mol. The third-order valence-electron chi connectivity index (χ3n) is 3.43.